The first-order valence-electron chi connectivity index (χ1n) is 5.80. The number of alkyl halides is 2. The van der Waals surface area contributed by atoms with Gasteiger partial charge in [-0.05, 0) is 0 Å². The first-order chi connectivity index (χ1) is 9.15. The van der Waals surface area contributed by atoms with Crippen molar-refractivity contribution in [2.45, 2.75) is 30.8 Å². The second-order valence-corrected chi connectivity index (χ2v) is 7.05. The minimum Gasteiger partial charge on any atom is -0.347 e. The lowest BCUT2D eigenvalue weighted by Crippen LogP contribution is -2.67. The summed E-state index contributed by atoms with van der Waals surface area (Å²) in [6, 6.07) is 0. The van der Waals surface area contributed by atoms with Gasteiger partial charge >= 0.3 is 0 Å². The van der Waals surface area contributed by atoms with E-state index in [1.807, 2.05) is 0 Å². The number of hydrogen-bond donors (Lipinski definition) is 1. The molecule has 112 valence electrons. The van der Waals surface area contributed by atoms with Crippen molar-refractivity contribution in [3.05, 3.63) is 14.5 Å². The quantitative estimate of drug-likeness (QED) is 0.914. The van der Waals surface area contributed by atoms with E-state index in [4.69, 9.17) is 23.2 Å². The Morgan fingerprint density at radius 3 is 2.45 bits per heavy atom. The van der Waals surface area contributed by atoms with E-state index in [1.54, 1.807) is 14.1 Å². The number of nitrogens with one attached hydrogen (secondary N) is 1. The highest BCUT2D eigenvalue weighted by Gasteiger charge is 2.61. The fraction of sp³-hybridized carbons (Fsp3) is 0.636. The van der Waals surface area contributed by atoms with Crippen LogP contribution in [0.25, 0.3) is 0 Å². The SMILES string of the molecule is CN(C)C(=O)C1(NCc2sc(Cl)nc2Cl)CC(F)(F)C1. The third kappa shape index (κ3) is 3.05. The molecule has 0 unspecified atom stereocenters. The van der Waals surface area contributed by atoms with Gasteiger partial charge in [0.05, 0.1) is 4.88 Å². The number of aromatic nitrogens is 1. The van der Waals surface area contributed by atoms with Gasteiger partial charge < -0.3 is 4.90 Å². The number of thiazole rings is 1. The van der Waals surface area contributed by atoms with Gasteiger partial charge in [-0.25, -0.2) is 13.8 Å². The topological polar surface area (TPSA) is 45.2 Å². The molecule has 1 fully saturated rings. The Morgan fingerprint density at radius 1 is 1.45 bits per heavy atom. The molecular weight excluding hydrogens is 331 g/mol. The van der Waals surface area contributed by atoms with E-state index >= 15 is 0 Å². The molecule has 1 aliphatic rings. The van der Waals surface area contributed by atoms with Gasteiger partial charge in [0.25, 0.3) is 5.92 Å². The van der Waals surface area contributed by atoms with Crippen LogP contribution in [-0.4, -0.2) is 41.3 Å². The van der Waals surface area contributed by atoms with Crippen LogP contribution in [0.4, 0.5) is 8.78 Å². The van der Waals surface area contributed by atoms with Crippen molar-refractivity contribution in [1.29, 1.82) is 0 Å². The third-order valence-electron chi connectivity index (χ3n) is 3.15. The fourth-order valence-corrected chi connectivity index (χ4v) is 3.61. The van der Waals surface area contributed by atoms with E-state index in [0.29, 0.717) is 4.88 Å². The van der Waals surface area contributed by atoms with Crippen molar-refractivity contribution in [2.24, 2.45) is 0 Å². The van der Waals surface area contributed by atoms with Crippen molar-refractivity contribution >= 4 is 40.4 Å². The Bertz CT molecular complexity index is 528. The van der Waals surface area contributed by atoms with Gasteiger partial charge in [-0.15, -0.1) is 11.3 Å². The van der Waals surface area contributed by atoms with Gasteiger partial charge in [-0.3, -0.25) is 10.1 Å². The van der Waals surface area contributed by atoms with Gasteiger partial charge in [0, 0.05) is 33.5 Å². The molecule has 0 saturated heterocycles. The molecule has 2 rings (SSSR count). The minimum atomic E-state index is -2.81. The van der Waals surface area contributed by atoms with Crippen LogP contribution in [0.15, 0.2) is 0 Å². The number of nitrogens with zero attached hydrogens (tertiary/aromatic N) is 2. The Labute approximate surface area is 129 Å². The van der Waals surface area contributed by atoms with Gasteiger partial charge in [0.1, 0.15) is 10.7 Å². The summed E-state index contributed by atoms with van der Waals surface area (Å²) in [6.45, 7) is 0.179. The summed E-state index contributed by atoms with van der Waals surface area (Å²) in [5, 5.41) is 3.12. The lowest BCUT2D eigenvalue weighted by atomic mass is 9.72. The first-order valence-corrected chi connectivity index (χ1v) is 7.38. The van der Waals surface area contributed by atoms with Gasteiger partial charge in [-0.1, -0.05) is 23.2 Å². The maximum Gasteiger partial charge on any atom is 0.252 e. The molecule has 4 nitrogen and oxygen atoms in total. The van der Waals surface area contributed by atoms with E-state index < -0.39 is 24.3 Å². The lowest BCUT2D eigenvalue weighted by molar-refractivity contribution is -0.169. The predicted octanol–water partition coefficient (Wildman–Crippen LogP) is 2.80. The van der Waals surface area contributed by atoms with E-state index in [9.17, 15) is 13.6 Å². The average molecular weight is 344 g/mol. The zero-order valence-corrected chi connectivity index (χ0v) is 13.2. The molecule has 1 N–H and O–H groups in total. The van der Waals surface area contributed by atoms with E-state index in [-0.39, 0.29) is 22.1 Å². The van der Waals surface area contributed by atoms with Gasteiger partial charge in [0.2, 0.25) is 5.91 Å². The summed E-state index contributed by atoms with van der Waals surface area (Å²) in [7, 11) is 3.08. The van der Waals surface area contributed by atoms with Crippen LogP contribution in [0.2, 0.25) is 9.62 Å². The summed E-state index contributed by atoms with van der Waals surface area (Å²) in [4.78, 5) is 17.9. The van der Waals surface area contributed by atoms with Crippen LogP contribution >= 0.6 is 34.5 Å². The highest BCUT2D eigenvalue weighted by atomic mass is 35.5. The van der Waals surface area contributed by atoms with Crippen LogP contribution in [0.5, 0.6) is 0 Å². The predicted molar refractivity (Wildman–Crippen MR) is 74.6 cm³/mol. The van der Waals surface area contributed by atoms with Crippen molar-refractivity contribution < 1.29 is 13.6 Å². The molecule has 0 radical (unpaired) electrons. The maximum absolute atomic E-state index is 13.2. The standard InChI is InChI=1S/C11H13Cl2F2N3OS/c1-18(2)8(19)10(4-11(14,15)5-10)16-3-6-7(12)17-9(13)20-6/h16H,3-5H2,1-2H3. The number of carbonyl (C=O) groups is 1. The molecule has 1 saturated carbocycles. The molecule has 0 aliphatic heterocycles. The van der Waals surface area contributed by atoms with Crippen molar-refractivity contribution in [2.75, 3.05) is 14.1 Å². The molecule has 20 heavy (non-hydrogen) atoms. The van der Waals surface area contributed by atoms with Gasteiger partial charge in [-0.2, -0.15) is 0 Å². The molecular formula is C11H13Cl2F2N3OS. The largest absolute Gasteiger partial charge is 0.347 e. The van der Waals surface area contributed by atoms with Crippen LogP contribution < -0.4 is 5.32 Å². The Hall–Kier alpha value is -0.500. The second kappa shape index (κ2) is 5.36. The average Bonchev–Trinajstić information content (AvgIpc) is 2.61. The second-order valence-electron chi connectivity index (χ2n) is 5.03. The van der Waals surface area contributed by atoms with Crippen LogP contribution in [-0.2, 0) is 11.3 Å². The van der Waals surface area contributed by atoms with Crippen LogP contribution in [0, 0.1) is 0 Å². The lowest BCUT2D eigenvalue weighted by Gasteiger charge is -2.47. The maximum atomic E-state index is 13.2. The molecule has 0 aromatic carbocycles. The molecule has 1 heterocycles. The monoisotopic (exact) mass is 343 g/mol. The Morgan fingerprint density at radius 2 is 2.05 bits per heavy atom. The number of halogens is 4. The molecule has 9 heteroatoms. The molecule has 1 aromatic rings. The fourth-order valence-electron chi connectivity index (χ4n) is 2.28. The van der Waals surface area contributed by atoms with Gasteiger partial charge in [0.15, 0.2) is 4.47 Å². The zero-order chi connectivity index (χ0) is 15.1. The van der Waals surface area contributed by atoms with E-state index in [0.717, 1.165) is 11.3 Å². The van der Waals surface area contributed by atoms with Crippen molar-refractivity contribution in [3.8, 4) is 0 Å². The molecule has 1 amide bonds. The van der Waals surface area contributed by atoms with Crippen molar-refractivity contribution in [3.63, 3.8) is 0 Å². The number of rotatable bonds is 4. The third-order valence-corrected chi connectivity index (χ3v) is 4.73. The van der Waals surface area contributed by atoms with Crippen LogP contribution in [0.1, 0.15) is 17.7 Å². The molecule has 0 atom stereocenters. The number of likely N-dealkylation sites (N-methyl/N-ethyl adjacent to an activating group) is 1. The Kier molecular flexibility index (Phi) is 4.26. The summed E-state index contributed by atoms with van der Waals surface area (Å²) < 4.78 is 26.7. The summed E-state index contributed by atoms with van der Waals surface area (Å²) in [5.41, 5.74) is -1.24. The van der Waals surface area contributed by atoms with E-state index in [1.165, 1.54) is 4.90 Å². The smallest absolute Gasteiger partial charge is 0.252 e. The summed E-state index contributed by atoms with van der Waals surface area (Å²) >= 11 is 12.7. The highest BCUT2D eigenvalue weighted by Crippen LogP contribution is 2.46. The summed E-state index contributed by atoms with van der Waals surface area (Å²) in [6.07, 6.45) is -1.03. The number of hydrogen-bond acceptors (Lipinski definition) is 4. The van der Waals surface area contributed by atoms with E-state index in [2.05, 4.69) is 10.3 Å². The molecule has 1 aliphatic carbocycles. The number of carbonyl (C=O) groups excluding carboxylic acids is 1. The van der Waals surface area contributed by atoms with Crippen molar-refractivity contribution in [1.82, 2.24) is 15.2 Å². The Balaban J connectivity index is 2.10. The van der Waals surface area contributed by atoms with Crippen LogP contribution in [0.3, 0.4) is 0 Å². The first kappa shape index (κ1) is 15.9. The number of amides is 1. The molecule has 1 aromatic heterocycles. The highest BCUT2D eigenvalue weighted by molar-refractivity contribution is 7.16. The summed E-state index contributed by atoms with van der Waals surface area (Å²) in [5.74, 6) is -3.18. The minimum absolute atomic E-state index is 0.179. The zero-order valence-electron chi connectivity index (χ0n) is 10.8. The normalized spacial score (nSPS) is 19.5. The molecule has 0 spiro atoms. The molecule has 0 bridgehead atoms.